The van der Waals surface area contributed by atoms with Crippen LogP contribution >= 0.6 is 23.2 Å². The van der Waals surface area contributed by atoms with Gasteiger partial charge < -0.3 is 9.63 Å². The lowest BCUT2D eigenvalue weighted by Gasteiger charge is -2.22. The molecule has 0 bridgehead atoms. The van der Waals surface area contributed by atoms with Crippen molar-refractivity contribution in [2.75, 3.05) is 0 Å². The number of benzene rings is 3. The van der Waals surface area contributed by atoms with Crippen molar-refractivity contribution in [3.63, 3.8) is 0 Å². The van der Waals surface area contributed by atoms with Crippen molar-refractivity contribution in [1.29, 1.82) is 0 Å². The summed E-state index contributed by atoms with van der Waals surface area (Å²) in [6, 6.07) is 18.7. The van der Waals surface area contributed by atoms with Gasteiger partial charge in [-0.1, -0.05) is 79.5 Å². The highest BCUT2D eigenvalue weighted by Gasteiger charge is 2.23. The number of aromatic hydroxyl groups is 1. The van der Waals surface area contributed by atoms with Crippen molar-refractivity contribution in [3.05, 3.63) is 76.3 Å². The monoisotopic (exact) mass is 438 g/mol. The maximum atomic E-state index is 11.1. The number of hydrogen-bond donors (Lipinski definition) is 1. The van der Waals surface area contributed by atoms with Gasteiger partial charge in [-0.25, -0.2) is 0 Å². The third-order valence-electron chi connectivity index (χ3n) is 4.89. The van der Waals surface area contributed by atoms with Gasteiger partial charge in [0, 0.05) is 16.1 Å². The molecule has 0 aliphatic rings. The van der Waals surface area contributed by atoms with Crippen molar-refractivity contribution >= 4 is 23.2 Å². The summed E-state index contributed by atoms with van der Waals surface area (Å²) in [6.45, 7) is 6.35. The lowest BCUT2D eigenvalue weighted by molar-refractivity contribution is 0.425. The van der Waals surface area contributed by atoms with Gasteiger partial charge in [0.2, 0.25) is 5.82 Å². The fourth-order valence-electron chi connectivity index (χ4n) is 3.18. The average Bonchev–Trinajstić information content (AvgIpc) is 3.17. The molecule has 1 aromatic heterocycles. The Labute approximate surface area is 185 Å². The number of nitrogens with zero attached hydrogens (tertiary/aromatic N) is 2. The first kappa shape index (κ1) is 20.5. The van der Waals surface area contributed by atoms with Gasteiger partial charge >= 0.3 is 0 Å². The van der Waals surface area contributed by atoms with E-state index < -0.39 is 0 Å². The van der Waals surface area contributed by atoms with E-state index in [4.69, 9.17) is 27.7 Å². The van der Waals surface area contributed by atoms with Crippen LogP contribution in [0.5, 0.6) is 5.75 Å². The molecule has 0 saturated carbocycles. The van der Waals surface area contributed by atoms with Crippen molar-refractivity contribution < 1.29 is 9.63 Å². The summed E-state index contributed by atoms with van der Waals surface area (Å²) in [5.41, 5.74) is 3.59. The maximum absolute atomic E-state index is 11.1. The molecule has 0 amide bonds. The number of hydrogen-bond acceptors (Lipinski definition) is 4. The third kappa shape index (κ3) is 3.93. The highest BCUT2D eigenvalue weighted by Crippen LogP contribution is 2.42. The second-order valence-corrected chi connectivity index (χ2v) is 8.93. The normalized spacial score (nSPS) is 11.6. The Morgan fingerprint density at radius 2 is 1.57 bits per heavy atom. The lowest BCUT2D eigenvalue weighted by atomic mass is 9.83. The Bertz CT molecular complexity index is 1210. The molecule has 4 aromatic rings. The van der Waals surface area contributed by atoms with E-state index in [1.165, 1.54) is 0 Å². The summed E-state index contributed by atoms with van der Waals surface area (Å²) in [4.78, 5) is 4.49. The van der Waals surface area contributed by atoms with Gasteiger partial charge in [0.05, 0.1) is 10.6 Å². The topological polar surface area (TPSA) is 59.2 Å². The molecule has 4 rings (SSSR count). The largest absolute Gasteiger partial charge is 0.506 e. The smallest absolute Gasteiger partial charge is 0.262 e. The predicted octanol–water partition coefficient (Wildman–Crippen LogP) is 7.38. The third-order valence-corrected chi connectivity index (χ3v) is 5.44. The maximum Gasteiger partial charge on any atom is 0.262 e. The zero-order chi connectivity index (χ0) is 21.5. The minimum atomic E-state index is -0.145. The SMILES string of the molecule is CC(C)(C)c1cc(-c2ccccc2)c(O)c(-c2nc(-c3ccc(Cl)cc3Cl)no2)c1. The summed E-state index contributed by atoms with van der Waals surface area (Å²) in [6.07, 6.45) is 0. The molecule has 0 saturated heterocycles. The molecular weight excluding hydrogens is 419 g/mol. The van der Waals surface area contributed by atoms with Gasteiger partial charge in [0.25, 0.3) is 5.89 Å². The first-order chi connectivity index (χ1) is 14.2. The summed E-state index contributed by atoms with van der Waals surface area (Å²) < 4.78 is 5.52. The van der Waals surface area contributed by atoms with Crippen LogP contribution in [0.4, 0.5) is 0 Å². The van der Waals surface area contributed by atoms with Gasteiger partial charge in [-0.2, -0.15) is 4.98 Å². The lowest BCUT2D eigenvalue weighted by Crippen LogP contribution is -2.11. The van der Waals surface area contributed by atoms with E-state index in [1.807, 2.05) is 42.5 Å². The van der Waals surface area contributed by atoms with Gasteiger partial charge in [-0.3, -0.25) is 0 Å². The molecule has 0 aliphatic carbocycles. The molecule has 0 fully saturated rings. The number of halogens is 2. The van der Waals surface area contributed by atoms with Crippen LogP contribution in [0.3, 0.4) is 0 Å². The van der Waals surface area contributed by atoms with E-state index in [0.717, 1.165) is 11.1 Å². The quantitative estimate of drug-likeness (QED) is 0.362. The molecule has 4 nitrogen and oxygen atoms in total. The Hall–Kier alpha value is -2.82. The molecule has 0 spiro atoms. The van der Waals surface area contributed by atoms with Crippen LogP contribution < -0.4 is 0 Å². The molecule has 0 unspecified atom stereocenters. The van der Waals surface area contributed by atoms with Crippen LogP contribution in [0.15, 0.2) is 65.2 Å². The minimum absolute atomic E-state index is 0.0894. The molecule has 0 radical (unpaired) electrons. The number of aromatic nitrogens is 2. The molecule has 6 heteroatoms. The molecule has 152 valence electrons. The van der Waals surface area contributed by atoms with Crippen molar-refractivity contribution in [2.45, 2.75) is 26.2 Å². The number of phenolic OH excluding ortho intramolecular Hbond substituents is 1. The second kappa shape index (κ2) is 7.78. The Morgan fingerprint density at radius 1 is 0.867 bits per heavy atom. The summed E-state index contributed by atoms with van der Waals surface area (Å²) in [7, 11) is 0. The van der Waals surface area contributed by atoms with E-state index in [2.05, 4.69) is 30.9 Å². The first-order valence-corrected chi connectivity index (χ1v) is 10.2. The predicted molar refractivity (Wildman–Crippen MR) is 121 cm³/mol. The molecule has 3 aromatic carbocycles. The molecule has 0 aliphatic heterocycles. The summed E-state index contributed by atoms with van der Waals surface area (Å²) in [5, 5.41) is 16.1. The first-order valence-electron chi connectivity index (χ1n) is 9.46. The van der Waals surface area contributed by atoms with Gasteiger partial charge in [-0.05, 0) is 46.9 Å². The van der Waals surface area contributed by atoms with E-state index in [0.29, 0.717) is 32.6 Å². The summed E-state index contributed by atoms with van der Waals surface area (Å²) in [5.74, 6) is 0.636. The second-order valence-electron chi connectivity index (χ2n) is 8.08. The van der Waals surface area contributed by atoms with Gasteiger partial charge in [-0.15, -0.1) is 0 Å². The molecular formula is C24H20Cl2N2O2. The zero-order valence-corrected chi connectivity index (χ0v) is 18.3. The van der Waals surface area contributed by atoms with E-state index in [1.54, 1.807) is 18.2 Å². The fraction of sp³-hybridized carbons (Fsp3) is 0.167. The highest BCUT2D eigenvalue weighted by molar-refractivity contribution is 6.36. The van der Waals surface area contributed by atoms with E-state index >= 15 is 0 Å². The fourth-order valence-corrected chi connectivity index (χ4v) is 3.67. The van der Waals surface area contributed by atoms with Crippen LogP contribution in [0.2, 0.25) is 10.0 Å². The molecule has 0 atom stereocenters. The highest BCUT2D eigenvalue weighted by atomic mass is 35.5. The van der Waals surface area contributed by atoms with Crippen LogP contribution in [-0.4, -0.2) is 15.2 Å². The van der Waals surface area contributed by atoms with Gasteiger partial charge in [0.1, 0.15) is 5.75 Å². The Kier molecular flexibility index (Phi) is 5.31. The van der Waals surface area contributed by atoms with Crippen molar-refractivity contribution in [1.82, 2.24) is 10.1 Å². The summed E-state index contributed by atoms with van der Waals surface area (Å²) >= 11 is 12.3. The standard InChI is InChI=1S/C24H20Cl2N2O2/c1-24(2,3)15-11-18(14-7-5-4-6-8-14)21(29)19(12-15)23-27-22(28-30-23)17-10-9-16(25)13-20(17)26/h4-13,29H,1-3H3. The number of rotatable bonds is 3. The molecule has 1 N–H and O–H groups in total. The van der Waals surface area contributed by atoms with Crippen LogP contribution in [0.1, 0.15) is 26.3 Å². The van der Waals surface area contributed by atoms with Crippen LogP contribution in [0.25, 0.3) is 34.0 Å². The van der Waals surface area contributed by atoms with Gasteiger partial charge in [0.15, 0.2) is 0 Å². The van der Waals surface area contributed by atoms with Crippen molar-refractivity contribution in [3.8, 4) is 39.7 Å². The minimum Gasteiger partial charge on any atom is -0.506 e. The molecule has 30 heavy (non-hydrogen) atoms. The average molecular weight is 439 g/mol. The van der Waals surface area contributed by atoms with Crippen LogP contribution in [-0.2, 0) is 5.41 Å². The zero-order valence-electron chi connectivity index (χ0n) is 16.8. The molecule has 1 heterocycles. The van der Waals surface area contributed by atoms with E-state index in [-0.39, 0.29) is 17.1 Å². The Balaban J connectivity index is 1.88. The van der Waals surface area contributed by atoms with Crippen molar-refractivity contribution in [2.24, 2.45) is 0 Å². The number of phenols is 1. The van der Waals surface area contributed by atoms with Crippen LogP contribution in [0, 0.1) is 0 Å². The Morgan fingerprint density at radius 3 is 2.23 bits per heavy atom. The van der Waals surface area contributed by atoms with E-state index in [9.17, 15) is 5.11 Å².